The summed E-state index contributed by atoms with van der Waals surface area (Å²) in [7, 11) is 1.64. The maximum atomic E-state index is 5.84. The molecule has 2 aromatic rings. The van der Waals surface area contributed by atoms with Crippen LogP contribution >= 0.6 is 23.4 Å². The number of nitrogens with two attached hydrogens (primary N) is 1. The number of hydrogen-bond acceptors (Lipinski definition) is 4. The standard InChI is InChI=1S/C12H11ClN2OS/c1-16-9-3-2-4-10(6-9)17-12-11(14)5-8(13)7-15-12/h2-7H,14H2,1H3. The molecule has 2 N–H and O–H groups in total. The molecule has 0 aliphatic carbocycles. The second-order valence-corrected chi connectivity index (χ2v) is 4.83. The van der Waals surface area contributed by atoms with Crippen LogP contribution in [0.4, 0.5) is 5.69 Å². The van der Waals surface area contributed by atoms with E-state index >= 15 is 0 Å². The summed E-state index contributed by atoms with van der Waals surface area (Å²) in [5, 5.41) is 1.28. The molecule has 0 unspecified atom stereocenters. The van der Waals surface area contributed by atoms with Crippen LogP contribution in [0.25, 0.3) is 0 Å². The van der Waals surface area contributed by atoms with Crippen molar-refractivity contribution in [2.45, 2.75) is 9.92 Å². The molecule has 17 heavy (non-hydrogen) atoms. The molecule has 0 bridgehead atoms. The van der Waals surface area contributed by atoms with Crippen molar-refractivity contribution in [2.75, 3.05) is 12.8 Å². The van der Waals surface area contributed by atoms with Gasteiger partial charge in [-0.3, -0.25) is 0 Å². The fourth-order valence-electron chi connectivity index (χ4n) is 1.30. The lowest BCUT2D eigenvalue weighted by molar-refractivity contribution is 0.413. The summed E-state index contributed by atoms with van der Waals surface area (Å²) < 4.78 is 5.16. The predicted molar refractivity (Wildman–Crippen MR) is 70.8 cm³/mol. The molecule has 0 saturated heterocycles. The van der Waals surface area contributed by atoms with Crippen LogP contribution in [0, 0.1) is 0 Å². The van der Waals surface area contributed by atoms with E-state index in [0.717, 1.165) is 15.7 Å². The number of aromatic nitrogens is 1. The highest BCUT2D eigenvalue weighted by atomic mass is 35.5. The van der Waals surface area contributed by atoms with Crippen molar-refractivity contribution in [2.24, 2.45) is 0 Å². The number of nitrogen functional groups attached to an aromatic ring is 1. The molecule has 0 saturated carbocycles. The summed E-state index contributed by atoms with van der Waals surface area (Å²) in [6.07, 6.45) is 1.58. The second kappa shape index (κ2) is 5.29. The molecule has 1 aromatic carbocycles. The van der Waals surface area contributed by atoms with Gasteiger partial charge in [-0.05, 0) is 24.3 Å². The van der Waals surface area contributed by atoms with E-state index in [1.807, 2.05) is 24.3 Å². The van der Waals surface area contributed by atoms with Crippen LogP contribution in [0.2, 0.25) is 5.02 Å². The lowest BCUT2D eigenvalue weighted by Gasteiger charge is -2.06. The van der Waals surface area contributed by atoms with E-state index in [1.54, 1.807) is 19.4 Å². The van der Waals surface area contributed by atoms with E-state index in [1.165, 1.54) is 11.8 Å². The van der Waals surface area contributed by atoms with Gasteiger partial charge in [0.2, 0.25) is 0 Å². The summed E-state index contributed by atoms with van der Waals surface area (Å²) in [5.74, 6) is 0.808. The SMILES string of the molecule is COc1cccc(Sc2ncc(Cl)cc2N)c1. The van der Waals surface area contributed by atoms with Crippen LogP contribution < -0.4 is 10.5 Å². The normalized spacial score (nSPS) is 10.2. The molecular formula is C12H11ClN2OS. The van der Waals surface area contributed by atoms with Gasteiger partial charge in [0.25, 0.3) is 0 Å². The molecule has 0 aliphatic heterocycles. The van der Waals surface area contributed by atoms with E-state index in [9.17, 15) is 0 Å². The van der Waals surface area contributed by atoms with Crippen molar-refractivity contribution in [1.82, 2.24) is 4.98 Å². The van der Waals surface area contributed by atoms with Gasteiger partial charge in [-0.1, -0.05) is 29.4 Å². The fraction of sp³-hybridized carbons (Fsp3) is 0.0833. The van der Waals surface area contributed by atoms with Crippen molar-refractivity contribution < 1.29 is 4.74 Å². The van der Waals surface area contributed by atoms with Crippen LogP contribution in [-0.2, 0) is 0 Å². The van der Waals surface area contributed by atoms with E-state index < -0.39 is 0 Å². The molecule has 3 nitrogen and oxygen atoms in total. The van der Waals surface area contributed by atoms with Gasteiger partial charge in [-0.15, -0.1) is 0 Å². The Labute approximate surface area is 109 Å². The molecule has 0 aliphatic rings. The highest BCUT2D eigenvalue weighted by molar-refractivity contribution is 7.99. The number of benzene rings is 1. The molecular weight excluding hydrogens is 256 g/mol. The topological polar surface area (TPSA) is 48.1 Å². The monoisotopic (exact) mass is 266 g/mol. The highest BCUT2D eigenvalue weighted by Gasteiger charge is 2.05. The van der Waals surface area contributed by atoms with Crippen LogP contribution in [0.3, 0.4) is 0 Å². The number of anilines is 1. The quantitative estimate of drug-likeness (QED) is 0.924. The zero-order chi connectivity index (χ0) is 12.3. The highest BCUT2D eigenvalue weighted by Crippen LogP contribution is 2.32. The van der Waals surface area contributed by atoms with Gasteiger partial charge < -0.3 is 10.5 Å². The van der Waals surface area contributed by atoms with E-state index in [0.29, 0.717) is 10.7 Å². The zero-order valence-electron chi connectivity index (χ0n) is 9.18. The minimum atomic E-state index is 0.539. The Morgan fingerprint density at radius 1 is 1.35 bits per heavy atom. The van der Waals surface area contributed by atoms with Gasteiger partial charge in [0, 0.05) is 11.1 Å². The van der Waals surface area contributed by atoms with Gasteiger partial charge in [0.15, 0.2) is 0 Å². The summed E-state index contributed by atoms with van der Waals surface area (Å²) in [5.41, 5.74) is 6.42. The molecule has 2 rings (SSSR count). The van der Waals surface area contributed by atoms with Crippen LogP contribution in [0.15, 0.2) is 46.5 Å². The largest absolute Gasteiger partial charge is 0.497 e. The Kier molecular flexibility index (Phi) is 3.76. The maximum absolute atomic E-state index is 5.84. The molecule has 1 heterocycles. The molecule has 0 amide bonds. The summed E-state index contributed by atoms with van der Waals surface area (Å²) in [6.45, 7) is 0. The third-order valence-electron chi connectivity index (χ3n) is 2.10. The molecule has 0 fully saturated rings. The molecule has 5 heteroatoms. The lowest BCUT2D eigenvalue weighted by atomic mass is 10.3. The van der Waals surface area contributed by atoms with Crippen LogP contribution in [-0.4, -0.2) is 12.1 Å². The Morgan fingerprint density at radius 2 is 2.18 bits per heavy atom. The van der Waals surface area contributed by atoms with Crippen LogP contribution in [0.1, 0.15) is 0 Å². The fourth-order valence-corrected chi connectivity index (χ4v) is 2.30. The lowest BCUT2D eigenvalue weighted by Crippen LogP contribution is -1.91. The number of pyridine rings is 1. The molecule has 88 valence electrons. The van der Waals surface area contributed by atoms with Gasteiger partial charge >= 0.3 is 0 Å². The van der Waals surface area contributed by atoms with Crippen molar-refractivity contribution in [3.8, 4) is 5.75 Å². The van der Waals surface area contributed by atoms with Crippen molar-refractivity contribution in [1.29, 1.82) is 0 Å². The smallest absolute Gasteiger partial charge is 0.124 e. The minimum Gasteiger partial charge on any atom is -0.497 e. The van der Waals surface area contributed by atoms with E-state index in [2.05, 4.69) is 4.98 Å². The minimum absolute atomic E-state index is 0.539. The average molecular weight is 267 g/mol. The third-order valence-corrected chi connectivity index (χ3v) is 3.33. The Hall–Kier alpha value is -1.39. The van der Waals surface area contributed by atoms with E-state index in [4.69, 9.17) is 22.1 Å². The predicted octanol–water partition coefficient (Wildman–Crippen LogP) is 3.48. The van der Waals surface area contributed by atoms with Crippen molar-refractivity contribution in [3.63, 3.8) is 0 Å². The van der Waals surface area contributed by atoms with Crippen molar-refractivity contribution >= 4 is 29.1 Å². The molecule has 1 aromatic heterocycles. The maximum Gasteiger partial charge on any atom is 0.124 e. The van der Waals surface area contributed by atoms with E-state index in [-0.39, 0.29) is 0 Å². The third kappa shape index (κ3) is 3.05. The first-order valence-corrected chi connectivity index (χ1v) is 6.11. The number of methoxy groups -OCH3 is 1. The summed E-state index contributed by atoms with van der Waals surface area (Å²) in [6, 6.07) is 9.41. The number of halogens is 1. The number of ether oxygens (including phenoxy) is 1. The first-order valence-electron chi connectivity index (χ1n) is 4.92. The van der Waals surface area contributed by atoms with Gasteiger partial charge in [0.1, 0.15) is 10.8 Å². The van der Waals surface area contributed by atoms with Gasteiger partial charge in [0.05, 0.1) is 17.8 Å². The van der Waals surface area contributed by atoms with Gasteiger partial charge in [-0.25, -0.2) is 4.98 Å². The summed E-state index contributed by atoms with van der Waals surface area (Å²) >= 11 is 7.27. The Morgan fingerprint density at radius 3 is 2.88 bits per heavy atom. The molecule has 0 atom stereocenters. The Bertz CT molecular complexity index is 534. The Balaban J connectivity index is 2.25. The second-order valence-electron chi connectivity index (χ2n) is 3.33. The molecule has 0 radical (unpaired) electrons. The number of nitrogens with zero attached hydrogens (tertiary/aromatic N) is 1. The number of hydrogen-bond donors (Lipinski definition) is 1. The zero-order valence-corrected chi connectivity index (χ0v) is 10.8. The first-order chi connectivity index (χ1) is 8.19. The first kappa shape index (κ1) is 12.1. The van der Waals surface area contributed by atoms with Crippen LogP contribution in [0.5, 0.6) is 5.75 Å². The van der Waals surface area contributed by atoms with Gasteiger partial charge in [-0.2, -0.15) is 0 Å². The number of rotatable bonds is 3. The molecule has 0 spiro atoms. The average Bonchev–Trinajstić information content (AvgIpc) is 2.33. The van der Waals surface area contributed by atoms with Crippen molar-refractivity contribution in [3.05, 3.63) is 41.6 Å². The summed E-state index contributed by atoms with van der Waals surface area (Å²) in [4.78, 5) is 5.21.